The van der Waals surface area contributed by atoms with Crippen LogP contribution >= 0.6 is 0 Å². The molecule has 0 fully saturated rings. The van der Waals surface area contributed by atoms with Gasteiger partial charge in [0.2, 0.25) is 11.9 Å². The molecular weight excluding hydrogens is 292 g/mol. The molecule has 0 unspecified atom stereocenters. The summed E-state index contributed by atoms with van der Waals surface area (Å²) in [6, 6.07) is 11.5. The predicted octanol–water partition coefficient (Wildman–Crippen LogP) is 2.21. The molecule has 0 aliphatic heterocycles. The molecule has 0 saturated heterocycles. The zero-order valence-corrected chi connectivity index (χ0v) is 13.3. The average molecular weight is 310 g/mol. The van der Waals surface area contributed by atoms with Crippen molar-refractivity contribution in [2.45, 2.75) is 13.3 Å². The second-order valence-corrected chi connectivity index (χ2v) is 5.12. The summed E-state index contributed by atoms with van der Waals surface area (Å²) in [5.74, 6) is 0.651. The molecule has 118 valence electrons. The first kappa shape index (κ1) is 15.0. The Morgan fingerprint density at radius 3 is 2.83 bits per heavy atom. The highest BCUT2D eigenvalue weighted by Gasteiger charge is 2.11. The van der Waals surface area contributed by atoms with Gasteiger partial charge < -0.3 is 10.2 Å². The van der Waals surface area contributed by atoms with Crippen LogP contribution < -0.4 is 10.2 Å². The normalized spacial score (nSPS) is 10.7. The molecule has 2 aromatic heterocycles. The third-order valence-corrected chi connectivity index (χ3v) is 3.69. The van der Waals surface area contributed by atoms with Crippen LogP contribution in [0.1, 0.15) is 13.3 Å². The van der Waals surface area contributed by atoms with E-state index in [-0.39, 0.29) is 5.91 Å². The van der Waals surface area contributed by atoms with Gasteiger partial charge in [-0.1, -0.05) is 19.1 Å². The van der Waals surface area contributed by atoms with Crippen molar-refractivity contribution in [2.24, 2.45) is 0 Å². The third-order valence-electron chi connectivity index (χ3n) is 3.69. The van der Waals surface area contributed by atoms with Gasteiger partial charge in [0, 0.05) is 31.8 Å². The molecule has 0 bridgehead atoms. The van der Waals surface area contributed by atoms with Crippen LogP contribution in [-0.4, -0.2) is 39.8 Å². The number of nitrogens with zero attached hydrogens (tertiary/aromatic N) is 5. The summed E-state index contributed by atoms with van der Waals surface area (Å²) in [6.45, 7) is 1.85. The smallest absolute Gasteiger partial charge is 0.245 e. The second-order valence-electron chi connectivity index (χ2n) is 5.12. The Hall–Kier alpha value is -2.96. The largest absolute Gasteiger partial charge is 0.356 e. The number of anilines is 2. The summed E-state index contributed by atoms with van der Waals surface area (Å²) in [5.41, 5.74) is 3.23. The molecule has 3 aromatic rings. The molecule has 1 N–H and O–H groups in total. The predicted molar refractivity (Wildman–Crippen MR) is 89.5 cm³/mol. The molecule has 3 rings (SSSR count). The molecule has 0 aliphatic carbocycles. The van der Waals surface area contributed by atoms with Crippen molar-refractivity contribution in [3.05, 3.63) is 36.4 Å². The number of carbonyl (C=O) groups excluding carboxylic acids is 1. The first-order chi connectivity index (χ1) is 11.1. The van der Waals surface area contributed by atoms with Crippen LogP contribution in [0.15, 0.2) is 36.4 Å². The van der Waals surface area contributed by atoms with E-state index in [0.717, 1.165) is 16.9 Å². The van der Waals surface area contributed by atoms with Crippen LogP contribution in [0.2, 0.25) is 0 Å². The Morgan fingerprint density at radius 1 is 1.26 bits per heavy atom. The molecule has 0 atom stereocenters. The maximum Gasteiger partial charge on any atom is 0.245 e. The maximum atomic E-state index is 11.9. The average Bonchev–Trinajstić information content (AvgIpc) is 3.02. The summed E-state index contributed by atoms with van der Waals surface area (Å²) in [4.78, 5) is 13.5. The van der Waals surface area contributed by atoms with Gasteiger partial charge in [-0.25, -0.2) is 0 Å². The first-order valence-electron chi connectivity index (χ1n) is 7.41. The summed E-state index contributed by atoms with van der Waals surface area (Å²) in [5, 5.41) is 15.6. The quantitative estimate of drug-likeness (QED) is 0.799. The van der Waals surface area contributed by atoms with Gasteiger partial charge in [-0.2, -0.15) is 9.61 Å². The number of hydrogen-bond donors (Lipinski definition) is 1. The van der Waals surface area contributed by atoms with Gasteiger partial charge >= 0.3 is 0 Å². The van der Waals surface area contributed by atoms with E-state index >= 15 is 0 Å². The fourth-order valence-electron chi connectivity index (χ4n) is 2.35. The van der Waals surface area contributed by atoms with Crippen molar-refractivity contribution in [1.82, 2.24) is 19.8 Å². The molecule has 1 amide bonds. The number of fused-ring (bicyclic) bond motifs is 1. The van der Waals surface area contributed by atoms with E-state index in [4.69, 9.17) is 0 Å². The summed E-state index contributed by atoms with van der Waals surface area (Å²) >= 11 is 0. The van der Waals surface area contributed by atoms with Gasteiger partial charge in [0.05, 0.1) is 5.69 Å². The molecular formula is C16H18N6O. The Labute approximate surface area is 133 Å². The molecule has 23 heavy (non-hydrogen) atoms. The zero-order chi connectivity index (χ0) is 16.4. The molecule has 2 heterocycles. The van der Waals surface area contributed by atoms with Crippen LogP contribution in [0.3, 0.4) is 0 Å². The second kappa shape index (κ2) is 6.04. The van der Waals surface area contributed by atoms with Crippen LogP contribution in [0.4, 0.5) is 11.6 Å². The van der Waals surface area contributed by atoms with Gasteiger partial charge in [0.15, 0.2) is 5.65 Å². The molecule has 0 aliphatic rings. The molecule has 0 radical (unpaired) electrons. The van der Waals surface area contributed by atoms with Gasteiger partial charge in [-0.15, -0.1) is 10.2 Å². The minimum absolute atomic E-state index is 0.0711. The van der Waals surface area contributed by atoms with E-state index in [0.29, 0.717) is 18.0 Å². The molecule has 7 nitrogen and oxygen atoms in total. The van der Waals surface area contributed by atoms with Crippen LogP contribution in [-0.2, 0) is 4.79 Å². The van der Waals surface area contributed by atoms with E-state index in [1.807, 2.05) is 43.3 Å². The highest BCUT2D eigenvalue weighted by molar-refractivity contribution is 5.93. The van der Waals surface area contributed by atoms with E-state index in [1.54, 1.807) is 23.5 Å². The summed E-state index contributed by atoms with van der Waals surface area (Å²) in [6.07, 6.45) is 0.469. The molecule has 0 spiro atoms. The lowest BCUT2D eigenvalue weighted by Crippen LogP contribution is -2.24. The minimum Gasteiger partial charge on any atom is -0.356 e. The topological polar surface area (TPSA) is 75.4 Å². The van der Waals surface area contributed by atoms with E-state index in [1.165, 1.54) is 0 Å². The monoisotopic (exact) mass is 310 g/mol. The van der Waals surface area contributed by atoms with Gasteiger partial charge in [0.1, 0.15) is 0 Å². The Morgan fingerprint density at radius 2 is 2.09 bits per heavy atom. The Bertz CT molecular complexity index is 857. The maximum absolute atomic E-state index is 11.9. The number of amides is 1. The first-order valence-corrected chi connectivity index (χ1v) is 7.41. The number of rotatable bonds is 4. The highest BCUT2D eigenvalue weighted by atomic mass is 16.2. The van der Waals surface area contributed by atoms with Crippen molar-refractivity contribution in [3.8, 4) is 11.3 Å². The van der Waals surface area contributed by atoms with Gasteiger partial charge in [0.25, 0.3) is 0 Å². The Balaban J connectivity index is 2.03. The van der Waals surface area contributed by atoms with Crippen molar-refractivity contribution in [2.75, 3.05) is 24.3 Å². The molecule has 0 saturated carbocycles. The third kappa shape index (κ3) is 2.73. The number of hydrogen-bond acceptors (Lipinski definition) is 5. The lowest BCUT2D eigenvalue weighted by Gasteiger charge is -2.17. The van der Waals surface area contributed by atoms with Gasteiger partial charge in [-0.3, -0.25) is 4.79 Å². The van der Waals surface area contributed by atoms with Crippen LogP contribution in [0.5, 0.6) is 0 Å². The number of aromatic nitrogens is 4. The van der Waals surface area contributed by atoms with Crippen LogP contribution in [0, 0.1) is 0 Å². The SMILES string of the molecule is CCC(=O)N(C)c1cccc(-c2ccc3nnc(NC)n3n2)c1. The van der Waals surface area contributed by atoms with Crippen molar-refractivity contribution >= 4 is 23.2 Å². The standard InChI is InChI=1S/C16H18N6O/c1-4-15(23)21(3)12-7-5-6-11(10-12)13-8-9-14-18-19-16(17-2)22(14)20-13/h5-10H,4H2,1-3H3,(H,17,19). The van der Waals surface area contributed by atoms with Gasteiger partial charge in [-0.05, 0) is 24.3 Å². The van der Waals surface area contributed by atoms with E-state index in [9.17, 15) is 4.79 Å². The zero-order valence-electron chi connectivity index (χ0n) is 13.3. The number of carbonyl (C=O) groups is 1. The minimum atomic E-state index is 0.0711. The van der Waals surface area contributed by atoms with E-state index in [2.05, 4.69) is 20.6 Å². The van der Waals surface area contributed by atoms with Crippen molar-refractivity contribution in [1.29, 1.82) is 0 Å². The molecule has 1 aromatic carbocycles. The highest BCUT2D eigenvalue weighted by Crippen LogP contribution is 2.23. The van der Waals surface area contributed by atoms with Crippen LogP contribution in [0.25, 0.3) is 16.9 Å². The number of benzene rings is 1. The lowest BCUT2D eigenvalue weighted by molar-refractivity contribution is -0.118. The van der Waals surface area contributed by atoms with E-state index < -0.39 is 0 Å². The number of nitrogens with one attached hydrogen (secondary N) is 1. The fourth-order valence-corrected chi connectivity index (χ4v) is 2.35. The summed E-state index contributed by atoms with van der Waals surface area (Å²) in [7, 11) is 3.55. The lowest BCUT2D eigenvalue weighted by atomic mass is 10.1. The fraction of sp³-hybridized carbons (Fsp3) is 0.250. The molecule has 7 heteroatoms. The summed E-state index contributed by atoms with van der Waals surface area (Å²) < 4.78 is 1.66. The van der Waals surface area contributed by atoms with Crippen molar-refractivity contribution < 1.29 is 4.79 Å². The van der Waals surface area contributed by atoms with Crippen molar-refractivity contribution in [3.63, 3.8) is 0 Å². The Kier molecular flexibility index (Phi) is 3.92.